The highest BCUT2D eigenvalue weighted by atomic mass is 13.9. The Hall–Kier alpha value is -1.04. The molecule has 0 aliphatic heterocycles. The Labute approximate surface area is 81.4 Å². The minimum absolute atomic E-state index is 1.04. The maximum atomic E-state index is 2.25. The molecule has 0 amide bonds. The minimum Gasteiger partial charge on any atom is -0.0845 e. The predicted octanol–water partition coefficient (Wildman–Crippen LogP) is 4.18. The van der Waals surface area contributed by atoms with Gasteiger partial charge in [-0.15, -0.1) is 0 Å². The van der Waals surface area contributed by atoms with E-state index in [0.717, 1.165) is 6.42 Å². The van der Waals surface area contributed by atoms with Gasteiger partial charge in [0, 0.05) is 0 Å². The topological polar surface area (TPSA) is 0 Å². The Morgan fingerprint density at radius 2 is 1.00 bits per heavy atom. The molecule has 0 aromatic heterocycles. The first-order valence-corrected chi connectivity index (χ1v) is 5.13. The molecule has 0 unspecified atom stereocenters. The lowest BCUT2D eigenvalue weighted by Gasteiger charge is -1.91. The van der Waals surface area contributed by atoms with Crippen molar-refractivity contribution in [2.45, 2.75) is 32.1 Å². The SMILES string of the molecule is C1=CC/C=C\C=C\CCCCC=C1. The fraction of sp³-hybridized carbons (Fsp3) is 0.385. The number of hydrogen-bond donors (Lipinski definition) is 0. The van der Waals surface area contributed by atoms with Crippen LogP contribution in [0.1, 0.15) is 32.1 Å². The van der Waals surface area contributed by atoms with Crippen LogP contribution in [0.25, 0.3) is 0 Å². The van der Waals surface area contributed by atoms with E-state index >= 15 is 0 Å². The summed E-state index contributed by atoms with van der Waals surface area (Å²) in [5.74, 6) is 0. The average Bonchev–Trinajstić information content (AvgIpc) is 2.18. The molecule has 0 saturated carbocycles. The van der Waals surface area contributed by atoms with E-state index in [-0.39, 0.29) is 0 Å². The second kappa shape index (κ2) is 7.60. The Balaban J connectivity index is 2.38. The summed E-state index contributed by atoms with van der Waals surface area (Å²) in [6.45, 7) is 0. The Bertz CT molecular complexity index is 192. The van der Waals surface area contributed by atoms with Crippen LogP contribution in [0, 0.1) is 0 Å². The van der Waals surface area contributed by atoms with Crippen LogP contribution in [0.4, 0.5) is 0 Å². The van der Waals surface area contributed by atoms with Crippen molar-refractivity contribution in [3.63, 3.8) is 0 Å². The lowest BCUT2D eigenvalue weighted by Crippen LogP contribution is -1.71. The lowest BCUT2D eigenvalue weighted by atomic mass is 10.2. The molecular formula is C13H18. The molecular weight excluding hydrogens is 156 g/mol. The standard InChI is InChI=1S/C13H18/c1-2-4-6-8-10-12-13-11-9-7-5-3-1/h1-4,7,9,11,13H,5-6,8,10,12H2/b3-1-,4-2+,9-7?,13-11?. The van der Waals surface area contributed by atoms with Gasteiger partial charge in [-0.2, -0.15) is 0 Å². The summed E-state index contributed by atoms with van der Waals surface area (Å²) in [6.07, 6.45) is 23.5. The van der Waals surface area contributed by atoms with Gasteiger partial charge in [-0.1, -0.05) is 48.6 Å². The zero-order valence-electron chi connectivity index (χ0n) is 8.15. The molecule has 0 nitrogen and oxygen atoms in total. The number of hydrogen-bond acceptors (Lipinski definition) is 0. The molecule has 0 fully saturated rings. The first-order valence-electron chi connectivity index (χ1n) is 5.13. The van der Waals surface area contributed by atoms with Crippen molar-refractivity contribution in [2.75, 3.05) is 0 Å². The van der Waals surface area contributed by atoms with Crippen molar-refractivity contribution in [2.24, 2.45) is 0 Å². The van der Waals surface area contributed by atoms with Crippen molar-refractivity contribution in [1.82, 2.24) is 0 Å². The van der Waals surface area contributed by atoms with E-state index in [1.165, 1.54) is 25.7 Å². The molecule has 0 aromatic carbocycles. The van der Waals surface area contributed by atoms with Crippen LogP contribution in [0.2, 0.25) is 0 Å². The molecule has 0 atom stereocenters. The largest absolute Gasteiger partial charge is 0.0845 e. The summed E-state index contributed by atoms with van der Waals surface area (Å²) >= 11 is 0. The van der Waals surface area contributed by atoms with E-state index < -0.39 is 0 Å². The highest BCUT2D eigenvalue weighted by Gasteiger charge is 1.82. The van der Waals surface area contributed by atoms with Crippen molar-refractivity contribution >= 4 is 0 Å². The summed E-state index contributed by atoms with van der Waals surface area (Å²) in [4.78, 5) is 0. The predicted molar refractivity (Wildman–Crippen MR) is 59.6 cm³/mol. The quantitative estimate of drug-likeness (QED) is 0.517. The van der Waals surface area contributed by atoms with Gasteiger partial charge in [-0.05, 0) is 32.1 Å². The summed E-state index contributed by atoms with van der Waals surface area (Å²) < 4.78 is 0. The summed E-state index contributed by atoms with van der Waals surface area (Å²) in [6, 6.07) is 0. The monoisotopic (exact) mass is 174 g/mol. The van der Waals surface area contributed by atoms with E-state index in [0.29, 0.717) is 0 Å². The van der Waals surface area contributed by atoms with E-state index in [1.54, 1.807) is 0 Å². The zero-order chi connectivity index (χ0) is 9.19. The molecule has 0 heteroatoms. The molecule has 1 aliphatic carbocycles. The number of rotatable bonds is 0. The van der Waals surface area contributed by atoms with Crippen LogP contribution in [-0.4, -0.2) is 0 Å². The van der Waals surface area contributed by atoms with Crippen LogP contribution in [-0.2, 0) is 0 Å². The van der Waals surface area contributed by atoms with E-state index in [4.69, 9.17) is 0 Å². The van der Waals surface area contributed by atoms with Crippen LogP contribution in [0.15, 0.2) is 48.6 Å². The fourth-order valence-corrected chi connectivity index (χ4v) is 1.27. The maximum Gasteiger partial charge on any atom is -0.0163 e. The van der Waals surface area contributed by atoms with Crippen molar-refractivity contribution in [1.29, 1.82) is 0 Å². The van der Waals surface area contributed by atoms with Gasteiger partial charge < -0.3 is 0 Å². The van der Waals surface area contributed by atoms with Gasteiger partial charge in [-0.3, -0.25) is 0 Å². The Morgan fingerprint density at radius 1 is 0.538 bits per heavy atom. The van der Waals surface area contributed by atoms with Gasteiger partial charge in [0.25, 0.3) is 0 Å². The van der Waals surface area contributed by atoms with Crippen molar-refractivity contribution in [3.8, 4) is 0 Å². The van der Waals surface area contributed by atoms with Gasteiger partial charge in [0.15, 0.2) is 0 Å². The third-order valence-corrected chi connectivity index (χ3v) is 2.03. The lowest BCUT2D eigenvalue weighted by molar-refractivity contribution is 0.762. The van der Waals surface area contributed by atoms with Gasteiger partial charge >= 0.3 is 0 Å². The molecule has 0 bridgehead atoms. The summed E-state index contributed by atoms with van der Waals surface area (Å²) in [5, 5.41) is 0. The number of allylic oxidation sites excluding steroid dienone is 8. The summed E-state index contributed by atoms with van der Waals surface area (Å²) in [5.41, 5.74) is 0. The smallest absolute Gasteiger partial charge is 0.0163 e. The molecule has 0 aromatic rings. The van der Waals surface area contributed by atoms with Crippen LogP contribution >= 0.6 is 0 Å². The molecule has 1 aliphatic rings. The molecule has 1 rings (SSSR count). The van der Waals surface area contributed by atoms with E-state index in [2.05, 4.69) is 48.6 Å². The second-order valence-electron chi connectivity index (χ2n) is 3.23. The van der Waals surface area contributed by atoms with Crippen LogP contribution < -0.4 is 0 Å². The van der Waals surface area contributed by atoms with Gasteiger partial charge in [-0.25, -0.2) is 0 Å². The first kappa shape index (κ1) is 10.0. The maximum absolute atomic E-state index is 2.25. The minimum atomic E-state index is 1.04. The Morgan fingerprint density at radius 3 is 1.54 bits per heavy atom. The average molecular weight is 174 g/mol. The summed E-state index contributed by atoms with van der Waals surface area (Å²) in [7, 11) is 0. The zero-order valence-corrected chi connectivity index (χ0v) is 8.15. The highest BCUT2D eigenvalue weighted by molar-refractivity contribution is 5.08. The molecule has 70 valence electrons. The van der Waals surface area contributed by atoms with E-state index in [9.17, 15) is 0 Å². The molecule has 0 spiro atoms. The Kier molecular flexibility index (Phi) is 5.87. The van der Waals surface area contributed by atoms with Crippen LogP contribution in [0.3, 0.4) is 0 Å². The third-order valence-electron chi connectivity index (χ3n) is 2.03. The van der Waals surface area contributed by atoms with Crippen LogP contribution in [0.5, 0.6) is 0 Å². The molecule has 13 heavy (non-hydrogen) atoms. The fourth-order valence-electron chi connectivity index (χ4n) is 1.27. The second-order valence-corrected chi connectivity index (χ2v) is 3.23. The van der Waals surface area contributed by atoms with Crippen molar-refractivity contribution in [3.05, 3.63) is 48.6 Å². The van der Waals surface area contributed by atoms with E-state index in [1.807, 2.05) is 0 Å². The first-order chi connectivity index (χ1) is 6.50. The third kappa shape index (κ3) is 6.15. The van der Waals surface area contributed by atoms with Gasteiger partial charge in [0.1, 0.15) is 0 Å². The highest BCUT2D eigenvalue weighted by Crippen LogP contribution is 2.02. The van der Waals surface area contributed by atoms with Crippen molar-refractivity contribution < 1.29 is 0 Å². The van der Waals surface area contributed by atoms with Gasteiger partial charge in [0.05, 0.1) is 0 Å². The molecule has 0 heterocycles. The molecule has 0 saturated heterocycles. The molecule has 0 radical (unpaired) electrons. The molecule has 0 N–H and O–H groups in total. The van der Waals surface area contributed by atoms with Gasteiger partial charge in [0.2, 0.25) is 0 Å². The normalized spacial score (nSPS) is 24.0.